The fraction of sp³-hybridized carbons (Fsp3) is 0.593. The predicted molar refractivity (Wildman–Crippen MR) is 131 cm³/mol. The van der Waals surface area contributed by atoms with Gasteiger partial charge in [0.15, 0.2) is 0 Å². The second-order valence-electron chi connectivity index (χ2n) is 11.1. The second-order valence-corrected chi connectivity index (χ2v) is 11.1. The lowest BCUT2D eigenvalue weighted by atomic mass is 9.68. The summed E-state index contributed by atoms with van der Waals surface area (Å²) in [5.74, 6) is 0.0624. The van der Waals surface area contributed by atoms with Crippen molar-refractivity contribution in [1.29, 1.82) is 0 Å². The molecule has 0 spiro atoms. The van der Waals surface area contributed by atoms with Gasteiger partial charge in [-0.05, 0) is 47.9 Å². The molecule has 2 amide bonds. The summed E-state index contributed by atoms with van der Waals surface area (Å²) in [7, 11) is 0. The van der Waals surface area contributed by atoms with Gasteiger partial charge in [0.05, 0.1) is 24.6 Å². The minimum absolute atomic E-state index is 0.0423. The highest BCUT2D eigenvalue weighted by Crippen LogP contribution is 2.67. The summed E-state index contributed by atoms with van der Waals surface area (Å²) in [6.07, 6.45) is 2.06. The highest BCUT2D eigenvalue weighted by molar-refractivity contribution is 5.77. The number of rotatable bonds is 6. The van der Waals surface area contributed by atoms with Crippen LogP contribution in [0.3, 0.4) is 0 Å². The molecule has 2 aliphatic carbocycles. The summed E-state index contributed by atoms with van der Waals surface area (Å²) in [6.45, 7) is 11.9. The molecule has 3 fully saturated rings. The Morgan fingerprint density at radius 1 is 1.06 bits per heavy atom. The lowest BCUT2D eigenvalue weighted by molar-refractivity contribution is 0.0354. The Bertz CT molecular complexity index is 1130. The Morgan fingerprint density at radius 2 is 1.83 bits per heavy atom. The van der Waals surface area contributed by atoms with Gasteiger partial charge in [0.2, 0.25) is 0 Å². The average Bonchev–Trinajstić information content (AvgIpc) is 3.40. The lowest BCUT2D eigenvalue weighted by Gasteiger charge is -2.40. The number of nitrogens with zero attached hydrogens (tertiary/aromatic N) is 5. The number of morpholine rings is 1. The molecule has 0 radical (unpaired) electrons. The molecule has 2 bridgehead atoms. The number of hydrogen-bond donors (Lipinski definition) is 0. The summed E-state index contributed by atoms with van der Waals surface area (Å²) in [5, 5.41) is 9.21. The number of halogens is 1. The third-order valence-electron chi connectivity index (χ3n) is 9.20. The van der Waals surface area contributed by atoms with E-state index < -0.39 is 0 Å². The van der Waals surface area contributed by atoms with Gasteiger partial charge in [-0.3, -0.25) is 4.90 Å². The number of hydrogen-bond acceptors (Lipinski definition) is 5. The molecule has 0 N–H and O–H groups in total. The van der Waals surface area contributed by atoms with Crippen LogP contribution in [0.4, 0.5) is 9.18 Å². The molecule has 2 unspecified atom stereocenters. The third-order valence-corrected chi connectivity index (χ3v) is 9.20. The highest BCUT2D eigenvalue weighted by Gasteiger charge is 2.64. The fourth-order valence-corrected chi connectivity index (χ4v) is 6.98. The topological polar surface area (TPSA) is 61.8 Å². The maximum Gasteiger partial charge on any atom is 0.320 e. The summed E-state index contributed by atoms with van der Waals surface area (Å²) in [6, 6.07) is 8.93. The molecule has 3 heterocycles. The molecule has 1 aromatic carbocycles. The van der Waals surface area contributed by atoms with Gasteiger partial charge in [-0.2, -0.15) is 10.2 Å². The maximum atomic E-state index is 14.4. The zero-order valence-electron chi connectivity index (χ0n) is 20.7. The van der Waals surface area contributed by atoms with E-state index in [0.29, 0.717) is 23.7 Å². The average molecular weight is 480 g/mol. The molecule has 2 aromatic rings. The van der Waals surface area contributed by atoms with Crippen LogP contribution in [0.2, 0.25) is 0 Å². The molecule has 1 aromatic heterocycles. The van der Waals surface area contributed by atoms with E-state index in [9.17, 15) is 9.18 Å². The smallest absolute Gasteiger partial charge is 0.320 e. The van der Waals surface area contributed by atoms with Crippen molar-refractivity contribution in [3.63, 3.8) is 0 Å². The van der Waals surface area contributed by atoms with Gasteiger partial charge < -0.3 is 14.5 Å². The summed E-state index contributed by atoms with van der Waals surface area (Å²) >= 11 is 0. The quantitative estimate of drug-likeness (QED) is 0.635. The molecule has 7 nitrogen and oxygen atoms in total. The second kappa shape index (κ2) is 8.52. The van der Waals surface area contributed by atoms with Crippen molar-refractivity contribution in [1.82, 2.24) is 24.9 Å². The van der Waals surface area contributed by atoms with Crippen molar-refractivity contribution in [2.24, 2.45) is 5.41 Å². The van der Waals surface area contributed by atoms with Crippen LogP contribution in [-0.2, 0) is 10.2 Å². The standard InChI is InChI=1S/C27H34FN5O2/c1-26(2)21-7-8-27(26,24-20(21)17-23(29-30-24)19-5-3-4-6-22(19)28)18-33-12-11-32(25(33)34)10-9-31-13-15-35-16-14-31/h3-6,17,21H,7-16,18H2,1-2H3. The minimum Gasteiger partial charge on any atom is -0.379 e. The number of ether oxygens (including phenoxy) is 1. The van der Waals surface area contributed by atoms with Crippen LogP contribution in [0, 0.1) is 11.2 Å². The van der Waals surface area contributed by atoms with Gasteiger partial charge in [-0.15, -0.1) is 0 Å². The van der Waals surface area contributed by atoms with Crippen LogP contribution in [0.1, 0.15) is 43.9 Å². The van der Waals surface area contributed by atoms with Gasteiger partial charge in [0.1, 0.15) is 5.82 Å². The first-order chi connectivity index (χ1) is 16.9. The number of carbonyl (C=O) groups excluding carboxylic acids is 1. The van der Waals surface area contributed by atoms with Crippen LogP contribution < -0.4 is 0 Å². The van der Waals surface area contributed by atoms with E-state index in [1.807, 2.05) is 15.9 Å². The van der Waals surface area contributed by atoms with Crippen LogP contribution in [0.15, 0.2) is 30.3 Å². The van der Waals surface area contributed by atoms with E-state index in [2.05, 4.69) is 29.9 Å². The molecule has 186 valence electrons. The Balaban J connectivity index is 1.23. The van der Waals surface area contributed by atoms with Crippen molar-refractivity contribution in [2.75, 3.05) is 59.0 Å². The van der Waals surface area contributed by atoms with Crippen molar-refractivity contribution >= 4 is 6.03 Å². The summed E-state index contributed by atoms with van der Waals surface area (Å²) < 4.78 is 19.9. The van der Waals surface area contributed by atoms with E-state index in [0.717, 1.165) is 71.0 Å². The first-order valence-corrected chi connectivity index (χ1v) is 12.9. The van der Waals surface area contributed by atoms with Crippen molar-refractivity contribution in [3.8, 4) is 11.3 Å². The third kappa shape index (κ3) is 3.56. The fourth-order valence-electron chi connectivity index (χ4n) is 6.98. The van der Waals surface area contributed by atoms with Gasteiger partial charge in [0.25, 0.3) is 0 Å². The molecule has 2 saturated heterocycles. The molecular formula is C27H34FN5O2. The summed E-state index contributed by atoms with van der Waals surface area (Å²) in [4.78, 5) is 19.8. The zero-order valence-corrected chi connectivity index (χ0v) is 20.7. The van der Waals surface area contributed by atoms with Gasteiger partial charge in [-0.1, -0.05) is 26.0 Å². The van der Waals surface area contributed by atoms with E-state index in [1.165, 1.54) is 11.6 Å². The van der Waals surface area contributed by atoms with Crippen LogP contribution in [-0.4, -0.2) is 90.0 Å². The number of benzene rings is 1. The number of fused-ring (bicyclic) bond motifs is 5. The van der Waals surface area contributed by atoms with Gasteiger partial charge in [-0.25, -0.2) is 9.18 Å². The highest BCUT2D eigenvalue weighted by atomic mass is 19.1. The molecule has 35 heavy (non-hydrogen) atoms. The van der Waals surface area contributed by atoms with Gasteiger partial charge in [0, 0.05) is 56.8 Å². The molecule has 2 aliphatic heterocycles. The van der Waals surface area contributed by atoms with E-state index in [4.69, 9.17) is 9.84 Å². The van der Waals surface area contributed by atoms with Gasteiger partial charge >= 0.3 is 6.03 Å². The zero-order chi connectivity index (χ0) is 24.2. The van der Waals surface area contributed by atoms with Crippen LogP contribution in [0.25, 0.3) is 11.3 Å². The van der Waals surface area contributed by atoms with E-state index >= 15 is 0 Å². The SMILES string of the molecule is CC1(C)C2CCC1(CN1CCN(CCN3CCOCC3)C1=O)c1nnc(-c3ccccc3F)cc12. The molecule has 6 rings (SSSR count). The molecule has 8 heteroatoms. The first kappa shape index (κ1) is 22.9. The Labute approximate surface area is 206 Å². The Morgan fingerprint density at radius 3 is 2.63 bits per heavy atom. The number of amides is 2. The Kier molecular flexibility index (Phi) is 5.56. The van der Waals surface area contributed by atoms with Crippen molar-refractivity contribution in [3.05, 3.63) is 47.4 Å². The Hall–Kier alpha value is -2.58. The molecule has 2 atom stereocenters. The normalized spacial score (nSPS) is 27.6. The van der Waals surface area contributed by atoms with Crippen LogP contribution in [0.5, 0.6) is 0 Å². The lowest BCUT2D eigenvalue weighted by Crippen LogP contribution is -2.48. The van der Waals surface area contributed by atoms with E-state index in [-0.39, 0.29) is 22.7 Å². The monoisotopic (exact) mass is 479 g/mol. The maximum absolute atomic E-state index is 14.4. The molecule has 4 aliphatic rings. The van der Waals surface area contributed by atoms with Crippen molar-refractivity contribution in [2.45, 2.75) is 38.0 Å². The predicted octanol–water partition coefficient (Wildman–Crippen LogP) is 3.51. The first-order valence-electron chi connectivity index (χ1n) is 12.9. The molecule has 1 saturated carbocycles. The number of urea groups is 1. The minimum atomic E-state index is -0.279. The largest absolute Gasteiger partial charge is 0.379 e. The van der Waals surface area contributed by atoms with Crippen LogP contribution >= 0.6 is 0 Å². The molecular weight excluding hydrogens is 445 g/mol. The summed E-state index contributed by atoms with van der Waals surface area (Å²) in [5.41, 5.74) is 3.02. The van der Waals surface area contributed by atoms with Crippen molar-refractivity contribution < 1.29 is 13.9 Å². The number of aromatic nitrogens is 2. The van der Waals surface area contributed by atoms with E-state index in [1.54, 1.807) is 12.1 Å². The number of carbonyl (C=O) groups is 1.